The summed E-state index contributed by atoms with van der Waals surface area (Å²) < 4.78 is 27.0. The minimum atomic E-state index is -0.375. The van der Waals surface area contributed by atoms with Crippen molar-refractivity contribution in [2.24, 2.45) is 0 Å². The number of benzene rings is 2. The Morgan fingerprint density at radius 1 is 1.11 bits per heavy atom. The Kier molecular flexibility index (Phi) is 4.00. The van der Waals surface area contributed by atoms with E-state index in [-0.39, 0.29) is 11.6 Å². The molecule has 100 valence electrons. The van der Waals surface area contributed by atoms with E-state index in [4.69, 9.17) is 5.73 Å². The van der Waals surface area contributed by atoms with Crippen LogP contribution in [-0.4, -0.2) is 6.54 Å². The Hall–Kier alpha value is -2.10. The standard InChI is InChI=1S/C15H16F2N2/c1-2-19(15-6-4-3-5-14(15)17)10-11-7-12(16)9-13(18)8-11/h3-9H,2,10,18H2,1H3. The molecule has 2 aromatic rings. The van der Waals surface area contributed by atoms with Crippen LogP contribution in [0.4, 0.5) is 20.2 Å². The summed E-state index contributed by atoms with van der Waals surface area (Å²) in [5, 5.41) is 0. The van der Waals surface area contributed by atoms with Crippen molar-refractivity contribution in [3.8, 4) is 0 Å². The zero-order chi connectivity index (χ0) is 13.8. The minimum absolute atomic E-state index is 0.284. The van der Waals surface area contributed by atoms with Gasteiger partial charge < -0.3 is 10.6 Å². The highest BCUT2D eigenvalue weighted by Gasteiger charge is 2.10. The molecule has 0 heterocycles. The highest BCUT2D eigenvalue weighted by Crippen LogP contribution is 2.21. The lowest BCUT2D eigenvalue weighted by atomic mass is 10.1. The molecule has 0 amide bonds. The molecule has 2 rings (SSSR count). The highest BCUT2D eigenvalue weighted by molar-refractivity contribution is 5.49. The largest absolute Gasteiger partial charge is 0.399 e. The van der Waals surface area contributed by atoms with Gasteiger partial charge in [0.15, 0.2) is 0 Å². The summed E-state index contributed by atoms with van der Waals surface area (Å²) in [4.78, 5) is 1.84. The molecule has 0 saturated carbocycles. The molecule has 0 aliphatic carbocycles. The maximum atomic E-state index is 13.7. The molecule has 0 radical (unpaired) electrons. The van der Waals surface area contributed by atoms with Crippen LogP contribution in [-0.2, 0) is 6.54 Å². The first-order valence-corrected chi connectivity index (χ1v) is 6.14. The van der Waals surface area contributed by atoms with E-state index in [9.17, 15) is 8.78 Å². The molecule has 0 aliphatic rings. The predicted octanol–water partition coefficient (Wildman–Crippen LogP) is 3.57. The summed E-state index contributed by atoms with van der Waals surface area (Å²) in [6.45, 7) is 2.96. The number of anilines is 2. The number of rotatable bonds is 4. The van der Waals surface area contributed by atoms with Crippen LogP contribution < -0.4 is 10.6 Å². The number of nitrogens with two attached hydrogens (primary N) is 1. The first kappa shape index (κ1) is 13.3. The van der Waals surface area contributed by atoms with Gasteiger partial charge in [-0.3, -0.25) is 0 Å². The molecule has 4 heteroatoms. The van der Waals surface area contributed by atoms with Crippen LogP contribution in [0.3, 0.4) is 0 Å². The lowest BCUT2D eigenvalue weighted by Crippen LogP contribution is -2.23. The highest BCUT2D eigenvalue weighted by atomic mass is 19.1. The quantitative estimate of drug-likeness (QED) is 0.853. The van der Waals surface area contributed by atoms with Crippen molar-refractivity contribution in [2.45, 2.75) is 13.5 Å². The molecule has 0 saturated heterocycles. The van der Waals surface area contributed by atoms with Crippen molar-refractivity contribution in [1.82, 2.24) is 0 Å². The first-order chi connectivity index (χ1) is 9.10. The van der Waals surface area contributed by atoms with E-state index in [0.717, 1.165) is 5.56 Å². The summed E-state index contributed by atoms with van der Waals surface area (Å²) in [7, 11) is 0. The molecule has 0 unspecified atom stereocenters. The molecule has 0 bridgehead atoms. The van der Waals surface area contributed by atoms with Gasteiger partial charge in [0.1, 0.15) is 11.6 Å². The van der Waals surface area contributed by atoms with Crippen molar-refractivity contribution in [3.05, 3.63) is 59.7 Å². The molecule has 2 N–H and O–H groups in total. The van der Waals surface area contributed by atoms with E-state index in [1.807, 2.05) is 11.8 Å². The zero-order valence-electron chi connectivity index (χ0n) is 10.7. The summed E-state index contributed by atoms with van der Waals surface area (Å²) in [6, 6.07) is 10.9. The SMILES string of the molecule is CCN(Cc1cc(N)cc(F)c1)c1ccccc1F. The summed E-state index contributed by atoms with van der Waals surface area (Å²) in [5.74, 6) is -0.659. The van der Waals surface area contributed by atoms with Gasteiger partial charge in [-0.15, -0.1) is 0 Å². The second kappa shape index (κ2) is 5.69. The van der Waals surface area contributed by atoms with E-state index < -0.39 is 0 Å². The molecule has 0 aromatic heterocycles. The first-order valence-electron chi connectivity index (χ1n) is 6.14. The number of nitrogen functional groups attached to an aromatic ring is 1. The van der Waals surface area contributed by atoms with E-state index in [2.05, 4.69) is 0 Å². The fourth-order valence-corrected chi connectivity index (χ4v) is 2.06. The average molecular weight is 262 g/mol. The Bertz CT molecular complexity index is 550. The number of para-hydroxylation sites is 1. The van der Waals surface area contributed by atoms with Gasteiger partial charge >= 0.3 is 0 Å². The third-order valence-electron chi connectivity index (χ3n) is 2.93. The summed E-state index contributed by atoms with van der Waals surface area (Å²) in [5.41, 5.74) is 7.22. The van der Waals surface area contributed by atoms with Crippen LogP contribution in [0.1, 0.15) is 12.5 Å². The van der Waals surface area contributed by atoms with Gasteiger partial charge in [-0.1, -0.05) is 12.1 Å². The molecular weight excluding hydrogens is 246 g/mol. The van der Waals surface area contributed by atoms with Crippen LogP contribution in [0.25, 0.3) is 0 Å². The molecular formula is C15H16F2N2. The number of halogens is 2. The fraction of sp³-hybridized carbons (Fsp3) is 0.200. The summed E-state index contributed by atoms with van der Waals surface area (Å²) in [6.07, 6.45) is 0. The van der Waals surface area contributed by atoms with Gasteiger partial charge in [0.05, 0.1) is 5.69 Å². The van der Waals surface area contributed by atoms with Gasteiger partial charge in [0, 0.05) is 18.8 Å². The Balaban J connectivity index is 2.26. The van der Waals surface area contributed by atoms with E-state index in [1.165, 1.54) is 18.2 Å². The van der Waals surface area contributed by atoms with Gasteiger partial charge in [-0.25, -0.2) is 8.78 Å². The number of hydrogen-bond donors (Lipinski definition) is 1. The van der Waals surface area contributed by atoms with Gasteiger partial charge in [-0.2, -0.15) is 0 Å². The second-order valence-corrected chi connectivity index (χ2v) is 4.36. The van der Waals surface area contributed by atoms with Crippen molar-refractivity contribution in [3.63, 3.8) is 0 Å². The van der Waals surface area contributed by atoms with Gasteiger partial charge in [-0.05, 0) is 42.8 Å². The van der Waals surface area contributed by atoms with Gasteiger partial charge in [0.2, 0.25) is 0 Å². The Labute approximate surface area is 111 Å². The van der Waals surface area contributed by atoms with E-state index >= 15 is 0 Å². The topological polar surface area (TPSA) is 29.3 Å². The predicted molar refractivity (Wildman–Crippen MR) is 73.9 cm³/mol. The smallest absolute Gasteiger partial charge is 0.146 e. The maximum absolute atomic E-state index is 13.7. The van der Waals surface area contributed by atoms with Crippen molar-refractivity contribution in [2.75, 3.05) is 17.2 Å². The van der Waals surface area contributed by atoms with E-state index in [0.29, 0.717) is 24.5 Å². The lowest BCUT2D eigenvalue weighted by Gasteiger charge is -2.23. The van der Waals surface area contributed by atoms with Crippen molar-refractivity contribution < 1.29 is 8.78 Å². The third kappa shape index (κ3) is 3.22. The molecule has 0 atom stereocenters. The maximum Gasteiger partial charge on any atom is 0.146 e. The molecule has 19 heavy (non-hydrogen) atoms. The monoisotopic (exact) mass is 262 g/mol. The normalized spacial score (nSPS) is 10.5. The Morgan fingerprint density at radius 2 is 1.84 bits per heavy atom. The minimum Gasteiger partial charge on any atom is -0.399 e. The Morgan fingerprint density at radius 3 is 2.47 bits per heavy atom. The van der Waals surface area contributed by atoms with Crippen molar-refractivity contribution >= 4 is 11.4 Å². The number of nitrogens with zero attached hydrogens (tertiary/aromatic N) is 1. The van der Waals surface area contributed by atoms with Gasteiger partial charge in [0.25, 0.3) is 0 Å². The molecule has 0 aliphatic heterocycles. The summed E-state index contributed by atoms with van der Waals surface area (Å²) >= 11 is 0. The van der Waals surface area contributed by atoms with Crippen LogP contribution in [0, 0.1) is 11.6 Å². The van der Waals surface area contributed by atoms with Crippen LogP contribution in [0.2, 0.25) is 0 Å². The van der Waals surface area contributed by atoms with Crippen molar-refractivity contribution in [1.29, 1.82) is 0 Å². The fourth-order valence-electron chi connectivity index (χ4n) is 2.06. The number of hydrogen-bond acceptors (Lipinski definition) is 2. The van der Waals surface area contributed by atoms with Crippen LogP contribution >= 0.6 is 0 Å². The van der Waals surface area contributed by atoms with Crippen LogP contribution in [0.15, 0.2) is 42.5 Å². The molecule has 0 spiro atoms. The second-order valence-electron chi connectivity index (χ2n) is 4.36. The zero-order valence-corrected chi connectivity index (χ0v) is 10.7. The molecule has 0 fully saturated rings. The molecule has 2 nitrogen and oxygen atoms in total. The third-order valence-corrected chi connectivity index (χ3v) is 2.93. The molecule has 2 aromatic carbocycles. The lowest BCUT2D eigenvalue weighted by molar-refractivity contribution is 0.615. The van der Waals surface area contributed by atoms with E-state index in [1.54, 1.807) is 24.3 Å². The van der Waals surface area contributed by atoms with Crippen LogP contribution in [0.5, 0.6) is 0 Å². The average Bonchev–Trinajstić information content (AvgIpc) is 2.36.